The van der Waals surface area contributed by atoms with E-state index in [0.717, 1.165) is 16.9 Å². The first-order valence-corrected chi connectivity index (χ1v) is 7.27. The summed E-state index contributed by atoms with van der Waals surface area (Å²) >= 11 is 0. The molecule has 0 aliphatic heterocycles. The first-order chi connectivity index (χ1) is 11.1. The molecule has 0 atom stereocenters. The van der Waals surface area contributed by atoms with Crippen molar-refractivity contribution < 1.29 is 4.79 Å². The lowest BCUT2D eigenvalue weighted by Crippen LogP contribution is -2.01. The van der Waals surface area contributed by atoms with Gasteiger partial charge < -0.3 is 0 Å². The van der Waals surface area contributed by atoms with Gasteiger partial charge in [0.15, 0.2) is 5.69 Å². The van der Waals surface area contributed by atoms with Gasteiger partial charge >= 0.3 is 0 Å². The lowest BCUT2D eigenvalue weighted by atomic mass is 10.2. The Bertz CT molecular complexity index is 848. The van der Waals surface area contributed by atoms with Crippen LogP contribution in [0, 0.1) is 13.8 Å². The van der Waals surface area contributed by atoms with Crippen LogP contribution in [0.25, 0.3) is 11.8 Å². The Labute approximate surface area is 134 Å². The number of hydrogen-bond acceptors (Lipinski definition) is 4. The molecule has 0 N–H and O–H groups in total. The van der Waals surface area contributed by atoms with Crippen LogP contribution in [0.4, 0.5) is 0 Å². The van der Waals surface area contributed by atoms with E-state index in [9.17, 15) is 4.79 Å². The molecule has 2 heterocycles. The summed E-state index contributed by atoms with van der Waals surface area (Å²) in [6.45, 7) is 3.86. The van der Waals surface area contributed by atoms with Gasteiger partial charge in [0.05, 0.1) is 11.4 Å². The number of aryl methyl sites for hydroxylation is 1. The van der Waals surface area contributed by atoms with Gasteiger partial charge in [-0.1, -0.05) is 29.0 Å². The molecule has 0 saturated carbocycles. The van der Waals surface area contributed by atoms with Crippen molar-refractivity contribution in [1.29, 1.82) is 0 Å². The maximum atomic E-state index is 12.3. The number of ketones is 1. The number of aromatic nitrogens is 4. The minimum atomic E-state index is -0.176. The van der Waals surface area contributed by atoms with E-state index in [1.807, 2.05) is 50.2 Å². The van der Waals surface area contributed by atoms with E-state index in [1.165, 1.54) is 11.6 Å². The zero-order chi connectivity index (χ0) is 16.2. The third kappa shape index (κ3) is 3.23. The van der Waals surface area contributed by atoms with Crippen molar-refractivity contribution in [3.63, 3.8) is 0 Å². The summed E-state index contributed by atoms with van der Waals surface area (Å²) in [5.74, 6) is -0.176. The number of nitrogens with zero attached hydrogens (tertiary/aromatic N) is 4. The van der Waals surface area contributed by atoms with E-state index in [4.69, 9.17) is 0 Å². The number of benzene rings is 1. The lowest BCUT2D eigenvalue weighted by Gasteiger charge is -2.03. The fraction of sp³-hybridized carbons (Fsp3) is 0.111. The molecular formula is C18H16N4O. The fourth-order valence-corrected chi connectivity index (χ4v) is 2.21. The van der Waals surface area contributed by atoms with Crippen molar-refractivity contribution in [3.05, 3.63) is 77.4 Å². The standard InChI is InChI=1S/C18H16N4O/c1-13-5-8-16(9-6-13)22-14(2)18(20-21-22)17(23)10-7-15-4-3-11-19-12-15/h3-12H,1-2H3/b10-7-. The van der Waals surface area contributed by atoms with Crippen molar-refractivity contribution in [3.8, 4) is 5.69 Å². The molecule has 3 rings (SSSR count). The molecule has 0 aliphatic carbocycles. The summed E-state index contributed by atoms with van der Waals surface area (Å²) in [6.07, 6.45) is 6.60. The van der Waals surface area contributed by atoms with E-state index in [2.05, 4.69) is 15.3 Å². The maximum Gasteiger partial charge on any atom is 0.208 e. The first kappa shape index (κ1) is 14.8. The number of rotatable bonds is 4. The summed E-state index contributed by atoms with van der Waals surface area (Å²) in [4.78, 5) is 16.3. The van der Waals surface area contributed by atoms with E-state index in [0.29, 0.717) is 5.69 Å². The normalized spacial score (nSPS) is 11.0. The quantitative estimate of drug-likeness (QED) is 0.548. The van der Waals surface area contributed by atoms with Gasteiger partial charge in [-0.2, -0.15) is 0 Å². The average Bonchev–Trinajstić information content (AvgIpc) is 2.96. The van der Waals surface area contributed by atoms with Crippen LogP contribution in [-0.2, 0) is 0 Å². The molecule has 0 saturated heterocycles. The van der Waals surface area contributed by atoms with Gasteiger partial charge in [0.25, 0.3) is 0 Å². The van der Waals surface area contributed by atoms with Gasteiger partial charge in [0, 0.05) is 12.4 Å². The molecule has 2 aromatic heterocycles. The number of carbonyl (C=O) groups is 1. The van der Waals surface area contributed by atoms with Crippen molar-refractivity contribution in [2.24, 2.45) is 0 Å². The highest BCUT2D eigenvalue weighted by atomic mass is 16.1. The second kappa shape index (κ2) is 6.36. The Balaban J connectivity index is 1.85. The summed E-state index contributed by atoms with van der Waals surface area (Å²) in [5.41, 5.74) is 3.99. The Hall–Kier alpha value is -3.08. The van der Waals surface area contributed by atoms with Crippen LogP contribution >= 0.6 is 0 Å². The van der Waals surface area contributed by atoms with E-state index in [1.54, 1.807) is 23.2 Å². The maximum absolute atomic E-state index is 12.3. The number of pyridine rings is 1. The van der Waals surface area contributed by atoms with Gasteiger partial charge in [-0.25, -0.2) is 4.68 Å². The van der Waals surface area contributed by atoms with Crippen LogP contribution in [-0.4, -0.2) is 25.8 Å². The Kier molecular flexibility index (Phi) is 4.10. The van der Waals surface area contributed by atoms with Gasteiger partial charge in [-0.05, 0) is 49.8 Å². The van der Waals surface area contributed by atoms with Gasteiger partial charge in [-0.15, -0.1) is 5.10 Å². The zero-order valence-corrected chi connectivity index (χ0v) is 13.0. The molecule has 0 fully saturated rings. The lowest BCUT2D eigenvalue weighted by molar-refractivity contribution is 0.104. The molecule has 0 spiro atoms. The minimum Gasteiger partial charge on any atom is -0.287 e. The van der Waals surface area contributed by atoms with Crippen LogP contribution < -0.4 is 0 Å². The van der Waals surface area contributed by atoms with Crippen LogP contribution in [0.2, 0.25) is 0 Å². The van der Waals surface area contributed by atoms with Crippen LogP contribution in [0.1, 0.15) is 27.3 Å². The van der Waals surface area contributed by atoms with Crippen LogP contribution in [0.3, 0.4) is 0 Å². The monoisotopic (exact) mass is 304 g/mol. The Morgan fingerprint density at radius 3 is 2.61 bits per heavy atom. The summed E-state index contributed by atoms with van der Waals surface area (Å²) in [6, 6.07) is 11.6. The van der Waals surface area contributed by atoms with E-state index in [-0.39, 0.29) is 5.78 Å². The average molecular weight is 304 g/mol. The number of carbonyl (C=O) groups excluding carboxylic acids is 1. The molecule has 23 heavy (non-hydrogen) atoms. The highest BCUT2D eigenvalue weighted by molar-refractivity contribution is 6.06. The number of allylic oxidation sites excluding steroid dienone is 1. The SMILES string of the molecule is Cc1ccc(-n2nnc(C(=O)/C=C\c3cccnc3)c2C)cc1. The van der Waals surface area contributed by atoms with Gasteiger partial charge in [0.2, 0.25) is 5.78 Å². The molecule has 0 bridgehead atoms. The summed E-state index contributed by atoms with van der Waals surface area (Å²) in [5, 5.41) is 8.11. The molecule has 1 aromatic carbocycles. The Morgan fingerprint density at radius 2 is 1.91 bits per heavy atom. The minimum absolute atomic E-state index is 0.176. The second-order valence-electron chi connectivity index (χ2n) is 5.25. The summed E-state index contributed by atoms with van der Waals surface area (Å²) < 4.78 is 1.67. The molecule has 0 amide bonds. The fourth-order valence-electron chi connectivity index (χ4n) is 2.21. The molecular weight excluding hydrogens is 288 g/mol. The molecule has 3 aromatic rings. The van der Waals surface area contributed by atoms with Crippen LogP contribution in [0.5, 0.6) is 0 Å². The predicted octanol–water partition coefficient (Wildman–Crippen LogP) is 3.18. The molecule has 0 aliphatic rings. The topological polar surface area (TPSA) is 60.7 Å². The molecule has 5 heteroatoms. The van der Waals surface area contributed by atoms with Crippen molar-refractivity contribution in [1.82, 2.24) is 20.0 Å². The largest absolute Gasteiger partial charge is 0.287 e. The first-order valence-electron chi connectivity index (χ1n) is 7.27. The van der Waals surface area contributed by atoms with Gasteiger partial charge in [0.1, 0.15) is 0 Å². The highest BCUT2D eigenvalue weighted by Crippen LogP contribution is 2.14. The van der Waals surface area contributed by atoms with Crippen molar-refractivity contribution >= 4 is 11.9 Å². The van der Waals surface area contributed by atoms with Crippen molar-refractivity contribution in [2.75, 3.05) is 0 Å². The molecule has 0 radical (unpaired) electrons. The number of hydrogen-bond donors (Lipinski definition) is 0. The molecule has 114 valence electrons. The van der Waals surface area contributed by atoms with Gasteiger partial charge in [-0.3, -0.25) is 9.78 Å². The molecule has 5 nitrogen and oxygen atoms in total. The van der Waals surface area contributed by atoms with Crippen LogP contribution in [0.15, 0.2) is 54.9 Å². The Morgan fingerprint density at radius 1 is 1.13 bits per heavy atom. The third-order valence-corrected chi connectivity index (χ3v) is 3.52. The highest BCUT2D eigenvalue weighted by Gasteiger charge is 2.15. The molecule has 0 unspecified atom stereocenters. The van der Waals surface area contributed by atoms with Crippen molar-refractivity contribution in [2.45, 2.75) is 13.8 Å². The summed E-state index contributed by atoms with van der Waals surface area (Å²) in [7, 11) is 0. The zero-order valence-electron chi connectivity index (χ0n) is 13.0. The smallest absolute Gasteiger partial charge is 0.208 e. The third-order valence-electron chi connectivity index (χ3n) is 3.52. The second-order valence-corrected chi connectivity index (χ2v) is 5.25. The van der Waals surface area contributed by atoms with E-state index >= 15 is 0 Å². The van der Waals surface area contributed by atoms with E-state index < -0.39 is 0 Å². The predicted molar refractivity (Wildman–Crippen MR) is 88.4 cm³/mol.